The Bertz CT molecular complexity index is 536. The van der Waals surface area contributed by atoms with Gasteiger partial charge in [-0.05, 0) is 48.4 Å². The number of likely N-dealkylation sites (N-methyl/N-ethyl adjacent to an activating group) is 1. The molecule has 0 bridgehead atoms. The standard InChI is InChI=1S/C17H22N2O2/c1-4-19-17(9-13-5-7-18-8-6-13)14-10-15(20-2)12-16(11-14)21-3/h5-8,10-12,17,19H,4,9H2,1-3H3. The SMILES string of the molecule is CCNC(Cc1ccncc1)c1cc(OC)cc(OC)c1. The van der Waals surface area contributed by atoms with E-state index in [1.807, 2.05) is 30.6 Å². The van der Waals surface area contributed by atoms with Crippen molar-refractivity contribution >= 4 is 0 Å². The first-order valence-electron chi connectivity index (χ1n) is 7.12. The predicted molar refractivity (Wildman–Crippen MR) is 83.9 cm³/mol. The van der Waals surface area contributed by atoms with Crippen LogP contribution in [-0.4, -0.2) is 25.7 Å². The fourth-order valence-electron chi connectivity index (χ4n) is 2.34. The molecule has 2 rings (SSSR count). The number of hydrogen-bond acceptors (Lipinski definition) is 4. The van der Waals surface area contributed by atoms with E-state index in [0.717, 1.165) is 30.0 Å². The van der Waals surface area contributed by atoms with Gasteiger partial charge in [0, 0.05) is 24.5 Å². The number of nitrogens with zero attached hydrogens (tertiary/aromatic N) is 1. The number of pyridine rings is 1. The molecule has 4 nitrogen and oxygen atoms in total. The van der Waals surface area contributed by atoms with Gasteiger partial charge in [0.05, 0.1) is 14.2 Å². The number of rotatable bonds is 7. The topological polar surface area (TPSA) is 43.4 Å². The molecule has 0 saturated heterocycles. The van der Waals surface area contributed by atoms with Gasteiger partial charge in [-0.2, -0.15) is 0 Å². The molecule has 21 heavy (non-hydrogen) atoms. The summed E-state index contributed by atoms with van der Waals surface area (Å²) in [5.74, 6) is 1.61. The highest BCUT2D eigenvalue weighted by atomic mass is 16.5. The van der Waals surface area contributed by atoms with Gasteiger partial charge in [-0.15, -0.1) is 0 Å². The minimum absolute atomic E-state index is 0.210. The van der Waals surface area contributed by atoms with Crippen LogP contribution in [0.3, 0.4) is 0 Å². The molecule has 0 saturated carbocycles. The zero-order chi connectivity index (χ0) is 15.1. The highest BCUT2D eigenvalue weighted by Gasteiger charge is 2.14. The van der Waals surface area contributed by atoms with E-state index >= 15 is 0 Å². The van der Waals surface area contributed by atoms with E-state index in [4.69, 9.17) is 9.47 Å². The third-order valence-corrected chi connectivity index (χ3v) is 3.42. The predicted octanol–water partition coefficient (Wildman–Crippen LogP) is 2.99. The van der Waals surface area contributed by atoms with Gasteiger partial charge in [-0.25, -0.2) is 0 Å². The lowest BCUT2D eigenvalue weighted by molar-refractivity contribution is 0.391. The summed E-state index contributed by atoms with van der Waals surface area (Å²) in [6, 6.07) is 10.3. The number of hydrogen-bond donors (Lipinski definition) is 1. The summed E-state index contributed by atoms with van der Waals surface area (Å²) < 4.78 is 10.7. The van der Waals surface area contributed by atoms with Crippen LogP contribution in [0.5, 0.6) is 11.5 Å². The first kappa shape index (κ1) is 15.3. The highest BCUT2D eigenvalue weighted by molar-refractivity contribution is 5.40. The fraction of sp³-hybridized carbons (Fsp3) is 0.353. The first-order valence-corrected chi connectivity index (χ1v) is 7.12. The van der Waals surface area contributed by atoms with E-state index in [9.17, 15) is 0 Å². The summed E-state index contributed by atoms with van der Waals surface area (Å²) in [4.78, 5) is 4.07. The lowest BCUT2D eigenvalue weighted by Crippen LogP contribution is -2.23. The molecular formula is C17H22N2O2. The molecule has 0 radical (unpaired) electrons. The molecule has 0 aliphatic rings. The molecule has 0 spiro atoms. The van der Waals surface area contributed by atoms with Crippen LogP contribution in [0.1, 0.15) is 24.1 Å². The Kier molecular flexibility index (Phi) is 5.58. The number of ether oxygens (including phenoxy) is 2. The number of nitrogens with one attached hydrogen (secondary N) is 1. The van der Waals surface area contributed by atoms with Crippen LogP contribution in [0.2, 0.25) is 0 Å². The first-order chi connectivity index (χ1) is 10.3. The van der Waals surface area contributed by atoms with Crippen molar-refractivity contribution in [3.63, 3.8) is 0 Å². The average molecular weight is 286 g/mol. The van der Waals surface area contributed by atoms with Crippen molar-refractivity contribution < 1.29 is 9.47 Å². The molecule has 1 atom stereocenters. The minimum Gasteiger partial charge on any atom is -0.497 e. The zero-order valence-corrected chi connectivity index (χ0v) is 12.8. The minimum atomic E-state index is 0.210. The zero-order valence-electron chi connectivity index (χ0n) is 12.8. The average Bonchev–Trinajstić information content (AvgIpc) is 2.55. The lowest BCUT2D eigenvalue weighted by atomic mass is 9.99. The number of methoxy groups -OCH3 is 2. The molecule has 112 valence electrons. The highest BCUT2D eigenvalue weighted by Crippen LogP contribution is 2.28. The van der Waals surface area contributed by atoms with Crippen molar-refractivity contribution in [3.05, 3.63) is 53.9 Å². The van der Waals surface area contributed by atoms with Gasteiger partial charge in [0.25, 0.3) is 0 Å². The van der Waals surface area contributed by atoms with Crippen LogP contribution in [0.4, 0.5) is 0 Å². The Balaban J connectivity index is 2.28. The lowest BCUT2D eigenvalue weighted by Gasteiger charge is -2.20. The van der Waals surface area contributed by atoms with Crippen LogP contribution < -0.4 is 14.8 Å². The Morgan fingerprint density at radius 3 is 2.19 bits per heavy atom. The van der Waals surface area contributed by atoms with Crippen molar-refractivity contribution in [1.82, 2.24) is 10.3 Å². The third-order valence-electron chi connectivity index (χ3n) is 3.42. The molecular weight excluding hydrogens is 264 g/mol. The maximum absolute atomic E-state index is 5.36. The summed E-state index contributed by atoms with van der Waals surface area (Å²) in [7, 11) is 3.34. The smallest absolute Gasteiger partial charge is 0.122 e. The molecule has 1 aromatic heterocycles. The largest absolute Gasteiger partial charge is 0.497 e. The van der Waals surface area contributed by atoms with Crippen molar-refractivity contribution in [2.45, 2.75) is 19.4 Å². The van der Waals surface area contributed by atoms with Gasteiger partial charge in [0.1, 0.15) is 11.5 Å². The summed E-state index contributed by atoms with van der Waals surface area (Å²) in [6.45, 7) is 3.01. The summed E-state index contributed by atoms with van der Waals surface area (Å²) in [5.41, 5.74) is 2.41. The second-order valence-corrected chi connectivity index (χ2v) is 4.82. The molecule has 0 fully saturated rings. The quantitative estimate of drug-likeness (QED) is 0.849. The van der Waals surface area contributed by atoms with E-state index in [2.05, 4.69) is 29.4 Å². The maximum Gasteiger partial charge on any atom is 0.122 e. The second kappa shape index (κ2) is 7.64. The molecule has 2 aromatic rings. The molecule has 1 N–H and O–H groups in total. The van der Waals surface area contributed by atoms with Crippen LogP contribution >= 0.6 is 0 Å². The van der Waals surface area contributed by atoms with E-state index in [-0.39, 0.29) is 6.04 Å². The fourth-order valence-corrected chi connectivity index (χ4v) is 2.34. The Morgan fingerprint density at radius 1 is 1.05 bits per heavy atom. The summed E-state index contributed by atoms with van der Waals surface area (Å²) >= 11 is 0. The molecule has 0 aliphatic heterocycles. The molecule has 1 aromatic carbocycles. The van der Waals surface area contributed by atoms with Gasteiger partial charge in [-0.3, -0.25) is 4.98 Å². The van der Waals surface area contributed by atoms with Crippen LogP contribution in [0.25, 0.3) is 0 Å². The maximum atomic E-state index is 5.36. The van der Waals surface area contributed by atoms with E-state index in [0.29, 0.717) is 0 Å². The van der Waals surface area contributed by atoms with Crippen molar-refractivity contribution in [3.8, 4) is 11.5 Å². The summed E-state index contributed by atoms with van der Waals surface area (Å²) in [6.07, 6.45) is 4.54. The van der Waals surface area contributed by atoms with E-state index in [1.54, 1.807) is 14.2 Å². The van der Waals surface area contributed by atoms with Crippen LogP contribution in [0.15, 0.2) is 42.7 Å². The van der Waals surface area contributed by atoms with Gasteiger partial charge in [0.2, 0.25) is 0 Å². The van der Waals surface area contributed by atoms with E-state index < -0.39 is 0 Å². The normalized spacial score (nSPS) is 12.0. The summed E-state index contributed by atoms with van der Waals surface area (Å²) in [5, 5.41) is 3.52. The van der Waals surface area contributed by atoms with Crippen LogP contribution in [-0.2, 0) is 6.42 Å². The molecule has 0 amide bonds. The van der Waals surface area contributed by atoms with Crippen molar-refractivity contribution in [2.24, 2.45) is 0 Å². The Morgan fingerprint density at radius 2 is 1.67 bits per heavy atom. The van der Waals surface area contributed by atoms with Crippen molar-refractivity contribution in [2.75, 3.05) is 20.8 Å². The van der Waals surface area contributed by atoms with Crippen molar-refractivity contribution in [1.29, 1.82) is 0 Å². The van der Waals surface area contributed by atoms with Gasteiger partial charge < -0.3 is 14.8 Å². The molecule has 0 aliphatic carbocycles. The Hall–Kier alpha value is -2.07. The third kappa shape index (κ3) is 4.20. The Labute approximate surface area is 126 Å². The van der Waals surface area contributed by atoms with Gasteiger partial charge in [0.15, 0.2) is 0 Å². The molecule has 1 unspecified atom stereocenters. The monoisotopic (exact) mass is 286 g/mol. The van der Waals surface area contributed by atoms with E-state index in [1.165, 1.54) is 5.56 Å². The number of benzene rings is 1. The van der Waals surface area contributed by atoms with Gasteiger partial charge >= 0.3 is 0 Å². The van der Waals surface area contributed by atoms with Crippen LogP contribution in [0, 0.1) is 0 Å². The van der Waals surface area contributed by atoms with Gasteiger partial charge in [-0.1, -0.05) is 6.92 Å². The molecule has 4 heteroatoms. The number of aromatic nitrogens is 1. The second-order valence-electron chi connectivity index (χ2n) is 4.82. The molecule has 1 heterocycles.